The Kier molecular flexibility index (Phi) is 5.23. The van der Waals surface area contributed by atoms with Crippen molar-refractivity contribution in [3.05, 3.63) is 72.1 Å². The van der Waals surface area contributed by atoms with E-state index in [0.717, 1.165) is 39.7 Å². The summed E-state index contributed by atoms with van der Waals surface area (Å²) in [6.07, 6.45) is 1.87. The van der Waals surface area contributed by atoms with Crippen molar-refractivity contribution in [2.45, 2.75) is 40.0 Å². The van der Waals surface area contributed by atoms with Crippen molar-refractivity contribution in [1.82, 2.24) is 14.6 Å². The number of nitrogens with zero attached hydrogens (tertiary/aromatic N) is 3. The Morgan fingerprint density at radius 2 is 1.61 bits per heavy atom. The fourth-order valence-corrected chi connectivity index (χ4v) is 3.36. The summed E-state index contributed by atoms with van der Waals surface area (Å²) in [7, 11) is 0. The van der Waals surface area contributed by atoms with E-state index < -0.39 is 0 Å². The lowest BCUT2D eigenvalue weighted by Gasteiger charge is -2.20. The van der Waals surface area contributed by atoms with Crippen LogP contribution in [-0.4, -0.2) is 20.5 Å². The number of nitrogens with one attached hydrogen (secondary N) is 2. The minimum absolute atomic E-state index is 0.0912. The van der Waals surface area contributed by atoms with Crippen LogP contribution in [0.25, 0.3) is 16.8 Å². The first-order valence-corrected chi connectivity index (χ1v) is 10.3. The molecule has 0 radical (unpaired) electrons. The average molecular weight is 414 g/mol. The van der Waals surface area contributed by atoms with Gasteiger partial charge in [0.25, 0.3) is 0 Å². The molecule has 2 aromatic carbocycles. The topological polar surface area (TPSA) is 71.3 Å². The molecule has 0 bridgehead atoms. The van der Waals surface area contributed by atoms with E-state index in [1.807, 2.05) is 41.0 Å². The highest BCUT2D eigenvalue weighted by Crippen LogP contribution is 2.31. The second kappa shape index (κ2) is 7.87. The van der Waals surface area contributed by atoms with Gasteiger partial charge in [0, 0.05) is 35.3 Å². The van der Waals surface area contributed by atoms with Crippen LogP contribution in [0.3, 0.4) is 0 Å². The van der Waals surface area contributed by atoms with Crippen LogP contribution in [-0.2, 0) is 10.2 Å². The van der Waals surface area contributed by atoms with Crippen molar-refractivity contribution < 1.29 is 4.79 Å². The lowest BCUT2D eigenvalue weighted by Crippen LogP contribution is -2.16. The van der Waals surface area contributed by atoms with Crippen LogP contribution in [0.2, 0.25) is 0 Å². The van der Waals surface area contributed by atoms with Gasteiger partial charge in [-0.1, -0.05) is 50.6 Å². The molecule has 4 aromatic rings. The zero-order chi connectivity index (χ0) is 22.2. The Balaban J connectivity index is 1.79. The van der Waals surface area contributed by atoms with Crippen LogP contribution in [0, 0.1) is 6.92 Å². The van der Waals surface area contributed by atoms with E-state index in [1.54, 1.807) is 0 Å². The third-order valence-corrected chi connectivity index (χ3v) is 5.08. The molecule has 0 aliphatic carbocycles. The molecule has 0 aliphatic rings. The molecule has 31 heavy (non-hydrogen) atoms. The molecule has 6 heteroatoms. The molecular formula is C25H27N5O. The molecule has 0 fully saturated rings. The molecule has 4 rings (SSSR count). The molecule has 0 saturated carbocycles. The standard InChI is InChI=1S/C25H27N5O/c1-16-6-8-18(9-7-16)21-15-26-30-23(14-22(25(3,4)5)29-24(21)30)28-20-12-10-19(11-13-20)27-17(2)31/h6-15,28H,1-5H3,(H,27,31). The summed E-state index contributed by atoms with van der Waals surface area (Å²) >= 11 is 0. The molecule has 1 amide bonds. The number of aryl methyl sites for hydroxylation is 1. The van der Waals surface area contributed by atoms with Gasteiger partial charge >= 0.3 is 0 Å². The lowest BCUT2D eigenvalue weighted by molar-refractivity contribution is -0.114. The van der Waals surface area contributed by atoms with E-state index >= 15 is 0 Å². The highest BCUT2D eigenvalue weighted by Gasteiger charge is 2.20. The second-order valence-corrected chi connectivity index (χ2v) is 8.82. The normalized spacial score (nSPS) is 11.5. The maximum Gasteiger partial charge on any atom is 0.221 e. The highest BCUT2D eigenvalue weighted by atomic mass is 16.1. The summed E-state index contributed by atoms with van der Waals surface area (Å²) < 4.78 is 1.84. The van der Waals surface area contributed by atoms with Crippen LogP contribution in [0.5, 0.6) is 0 Å². The van der Waals surface area contributed by atoms with E-state index in [2.05, 4.69) is 67.7 Å². The van der Waals surface area contributed by atoms with Crippen molar-refractivity contribution >= 4 is 28.7 Å². The fourth-order valence-electron chi connectivity index (χ4n) is 3.36. The molecule has 0 spiro atoms. The monoisotopic (exact) mass is 413 g/mol. The predicted octanol–water partition coefficient (Wildman–Crippen LogP) is 5.70. The summed E-state index contributed by atoms with van der Waals surface area (Å²) in [4.78, 5) is 16.2. The number of carbonyl (C=O) groups is 1. The summed E-state index contributed by atoms with van der Waals surface area (Å²) in [5.74, 6) is 0.743. The maximum absolute atomic E-state index is 11.3. The van der Waals surface area contributed by atoms with Crippen molar-refractivity contribution in [3.63, 3.8) is 0 Å². The van der Waals surface area contributed by atoms with Crippen molar-refractivity contribution in [1.29, 1.82) is 0 Å². The van der Waals surface area contributed by atoms with Crippen LogP contribution in [0.1, 0.15) is 39.0 Å². The second-order valence-electron chi connectivity index (χ2n) is 8.82. The number of hydrogen-bond donors (Lipinski definition) is 2. The minimum atomic E-state index is -0.123. The summed E-state index contributed by atoms with van der Waals surface area (Å²) in [5, 5.41) is 10.9. The SMILES string of the molecule is CC(=O)Nc1ccc(Nc2cc(C(C)(C)C)nc3c(-c4ccc(C)cc4)cnn23)cc1. The van der Waals surface area contributed by atoms with E-state index in [-0.39, 0.29) is 11.3 Å². The fraction of sp³-hybridized carbons (Fsp3) is 0.240. The number of aromatic nitrogens is 3. The number of fused-ring (bicyclic) bond motifs is 1. The predicted molar refractivity (Wildman–Crippen MR) is 126 cm³/mol. The van der Waals surface area contributed by atoms with E-state index in [1.165, 1.54) is 12.5 Å². The molecule has 0 aliphatic heterocycles. The first-order valence-electron chi connectivity index (χ1n) is 10.3. The largest absolute Gasteiger partial charge is 0.340 e. The molecule has 6 nitrogen and oxygen atoms in total. The number of carbonyl (C=O) groups excluding carboxylic acids is 1. The summed E-state index contributed by atoms with van der Waals surface area (Å²) in [6.45, 7) is 10.0. The Labute approximate surface area is 182 Å². The molecule has 0 saturated heterocycles. The third kappa shape index (κ3) is 4.43. The Hall–Kier alpha value is -3.67. The van der Waals surface area contributed by atoms with Crippen molar-refractivity contribution in [2.75, 3.05) is 10.6 Å². The smallest absolute Gasteiger partial charge is 0.221 e. The van der Waals surface area contributed by atoms with Crippen LogP contribution in [0.15, 0.2) is 60.8 Å². The van der Waals surface area contributed by atoms with Gasteiger partial charge in [-0.2, -0.15) is 9.61 Å². The van der Waals surface area contributed by atoms with Crippen molar-refractivity contribution in [3.8, 4) is 11.1 Å². The minimum Gasteiger partial charge on any atom is -0.340 e. The molecule has 2 aromatic heterocycles. The number of rotatable bonds is 4. The first kappa shape index (κ1) is 20.6. The van der Waals surface area contributed by atoms with Crippen LogP contribution < -0.4 is 10.6 Å². The van der Waals surface area contributed by atoms with Crippen molar-refractivity contribution in [2.24, 2.45) is 0 Å². The molecular weight excluding hydrogens is 386 g/mol. The zero-order valence-electron chi connectivity index (χ0n) is 18.5. The van der Waals surface area contributed by atoms with Gasteiger partial charge in [0.05, 0.1) is 11.9 Å². The van der Waals surface area contributed by atoms with E-state index in [9.17, 15) is 4.79 Å². The summed E-state index contributed by atoms with van der Waals surface area (Å²) in [6, 6.07) is 18.0. The Morgan fingerprint density at radius 1 is 0.968 bits per heavy atom. The molecule has 158 valence electrons. The number of amides is 1. The Bertz CT molecular complexity index is 1230. The van der Waals surface area contributed by atoms with Gasteiger partial charge < -0.3 is 10.6 Å². The van der Waals surface area contributed by atoms with E-state index in [4.69, 9.17) is 4.98 Å². The molecule has 2 heterocycles. The number of hydrogen-bond acceptors (Lipinski definition) is 4. The maximum atomic E-state index is 11.3. The van der Waals surface area contributed by atoms with Gasteiger partial charge in [0.2, 0.25) is 5.91 Å². The average Bonchev–Trinajstić information content (AvgIpc) is 3.13. The number of anilines is 3. The third-order valence-electron chi connectivity index (χ3n) is 5.08. The summed E-state index contributed by atoms with van der Waals surface area (Å²) in [5.41, 5.74) is 6.62. The lowest BCUT2D eigenvalue weighted by atomic mass is 9.92. The van der Waals surface area contributed by atoms with Crippen LogP contribution >= 0.6 is 0 Å². The van der Waals surface area contributed by atoms with E-state index in [0.29, 0.717) is 0 Å². The number of benzene rings is 2. The molecule has 0 unspecified atom stereocenters. The van der Waals surface area contributed by atoms with Gasteiger partial charge in [-0.15, -0.1) is 0 Å². The quantitative estimate of drug-likeness (QED) is 0.450. The zero-order valence-corrected chi connectivity index (χ0v) is 18.5. The first-order chi connectivity index (χ1) is 14.7. The Morgan fingerprint density at radius 3 is 2.23 bits per heavy atom. The molecule has 2 N–H and O–H groups in total. The highest BCUT2D eigenvalue weighted by molar-refractivity contribution is 5.89. The van der Waals surface area contributed by atoms with Gasteiger partial charge in [0.1, 0.15) is 5.82 Å². The van der Waals surface area contributed by atoms with Gasteiger partial charge in [-0.25, -0.2) is 4.98 Å². The van der Waals surface area contributed by atoms with Gasteiger partial charge in [-0.3, -0.25) is 4.79 Å². The van der Waals surface area contributed by atoms with Crippen LogP contribution in [0.4, 0.5) is 17.2 Å². The van der Waals surface area contributed by atoms with Gasteiger partial charge in [-0.05, 0) is 36.8 Å². The van der Waals surface area contributed by atoms with Gasteiger partial charge in [0.15, 0.2) is 5.65 Å². The molecule has 0 atom stereocenters.